The second-order valence-electron chi connectivity index (χ2n) is 6.49. The lowest BCUT2D eigenvalue weighted by Gasteiger charge is -2.18. The summed E-state index contributed by atoms with van der Waals surface area (Å²) in [6, 6.07) is 10.2. The molecule has 0 saturated heterocycles. The molecule has 1 aromatic carbocycles. The highest BCUT2D eigenvalue weighted by atomic mass is 127. The van der Waals surface area contributed by atoms with Crippen molar-refractivity contribution in [3.05, 3.63) is 53.5 Å². The molecule has 1 saturated carbocycles. The minimum Gasteiger partial charge on any atom is -0.490 e. The number of nitrogens with one attached hydrogen (secondary N) is 2. The average molecular weight is 469 g/mol. The third-order valence-corrected chi connectivity index (χ3v) is 4.50. The molecule has 26 heavy (non-hydrogen) atoms. The maximum absolute atomic E-state index is 6.26. The Morgan fingerprint density at radius 2 is 1.96 bits per heavy atom. The lowest BCUT2D eigenvalue weighted by molar-refractivity contribution is 0.207. The topological polar surface area (TPSA) is 58.8 Å². The molecular formula is C20H28IN3O2. The van der Waals surface area contributed by atoms with Crippen molar-refractivity contribution in [2.75, 3.05) is 7.05 Å². The van der Waals surface area contributed by atoms with Crippen molar-refractivity contribution in [3.63, 3.8) is 0 Å². The molecule has 0 unspecified atom stereocenters. The molecule has 0 atom stereocenters. The molecule has 0 radical (unpaired) electrons. The summed E-state index contributed by atoms with van der Waals surface area (Å²) in [4.78, 5) is 4.27. The summed E-state index contributed by atoms with van der Waals surface area (Å²) in [5, 5.41) is 6.60. The van der Waals surface area contributed by atoms with E-state index in [0.717, 1.165) is 35.9 Å². The van der Waals surface area contributed by atoms with Crippen molar-refractivity contribution in [2.45, 2.75) is 51.8 Å². The van der Waals surface area contributed by atoms with E-state index in [1.165, 1.54) is 18.4 Å². The Hall–Kier alpha value is -1.70. The summed E-state index contributed by atoms with van der Waals surface area (Å²) in [6.45, 7) is 3.37. The fourth-order valence-electron chi connectivity index (χ4n) is 3.09. The van der Waals surface area contributed by atoms with Gasteiger partial charge >= 0.3 is 0 Å². The number of aliphatic imine (C=N–C) groups is 1. The highest BCUT2D eigenvalue weighted by Crippen LogP contribution is 2.27. The first kappa shape index (κ1) is 20.6. The highest BCUT2D eigenvalue weighted by Gasteiger charge is 2.18. The van der Waals surface area contributed by atoms with E-state index < -0.39 is 0 Å². The standard InChI is InChI=1S/C20H27N3O2.HI/c1-15-9-10-16(19(12-15)25-17-6-3-4-7-17)13-22-20(21-2)23-14-18-8-5-11-24-18;/h5,8-12,17H,3-4,6-7,13-14H2,1-2H3,(H2,21,22,23);1H. The van der Waals surface area contributed by atoms with E-state index >= 15 is 0 Å². The third kappa shape index (κ3) is 5.93. The van der Waals surface area contributed by atoms with Crippen molar-refractivity contribution in [1.29, 1.82) is 0 Å². The van der Waals surface area contributed by atoms with E-state index in [2.05, 4.69) is 40.7 Å². The van der Waals surface area contributed by atoms with E-state index in [1.807, 2.05) is 12.1 Å². The zero-order valence-corrected chi connectivity index (χ0v) is 17.8. The number of ether oxygens (including phenoxy) is 1. The molecule has 1 aliphatic carbocycles. The van der Waals surface area contributed by atoms with Crippen molar-refractivity contribution in [3.8, 4) is 5.75 Å². The summed E-state index contributed by atoms with van der Waals surface area (Å²) < 4.78 is 11.6. The molecule has 3 rings (SSSR count). The third-order valence-electron chi connectivity index (χ3n) is 4.50. The number of hydrogen-bond donors (Lipinski definition) is 2. The van der Waals surface area contributed by atoms with Gasteiger partial charge in [-0.2, -0.15) is 0 Å². The van der Waals surface area contributed by atoms with Gasteiger partial charge in [0.2, 0.25) is 0 Å². The van der Waals surface area contributed by atoms with Crippen LogP contribution in [0, 0.1) is 6.92 Å². The Morgan fingerprint density at radius 1 is 1.19 bits per heavy atom. The van der Waals surface area contributed by atoms with Crippen LogP contribution >= 0.6 is 24.0 Å². The van der Waals surface area contributed by atoms with Crippen LogP contribution in [0.5, 0.6) is 5.75 Å². The van der Waals surface area contributed by atoms with Crippen molar-refractivity contribution < 1.29 is 9.15 Å². The molecular weight excluding hydrogens is 441 g/mol. The van der Waals surface area contributed by atoms with Crippen LogP contribution in [0.2, 0.25) is 0 Å². The highest BCUT2D eigenvalue weighted by molar-refractivity contribution is 14.0. The molecule has 0 spiro atoms. The largest absolute Gasteiger partial charge is 0.490 e. The van der Waals surface area contributed by atoms with Crippen LogP contribution in [0.15, 0.2) is 46.0 Å². The molecule has 1 heterocycles. The molecule has 6 heteroatoms. The van der Waals surface area contributed by atoms with E-state index in [0.29, 0.717) is 19.2 Å². The molecule has 0 amide bonds. The summed E-state index contributed by atoms with van der Waals surface area (Å²) in [5.74, 6) is 2.60. The molecule has 1 fully saturated rings. The molecule has 2 N–H and O–H groups in total. The lowest BCUT2D eigenvalue weighted by Crippen LogP contribution is -2.36. The van der Waals surface area contributed by atoms with Gasteiger partial charge in [0.15, 0.2) is 5.96 Å². The number of nitrogens with zero attached hydrogens (tertiary/aromatic N) is 1. The van der Waals surface area contributed by atoms with E-state index in [9.17, 15) is 0 Å². The van der Waals surface area contributed by atoms with Gasteiger partial charge in [-0.3, -0.25) is 4.99 Å². The minimum absolute atomic E-state index is 0. The number of benzene rings is 1. The van der Waals surface area contributed by atoms with Gasteiger partial charge in [0.25, 0.3) is 0 Å². The van der Waals surface area contributed by atoms with Gasteiger partial charge in [0.1, 0.15) is 11.5 Å². The van der Waals surface area contributed by atoms with Crippen LogP contribution in [-0.2, 0) is 13.1 Å². The van der Waals surface area contributed by atoms with E-state index in [1.54, 1.807) is 13.3 Å². The van der Waals surface area contributed by atoms with Crippen LogP contribution in [0.4, 0.5) is 0 Å². The van der Waals surface area contributed by atoms with Crippen LogP contribution in [0.25, 0.3) is 0 Å². The second kappa shape index (κ2) is 10.4. The summed E-state index contributed by atoms with van der Waals surface area (Å²) >= 11 is 0. The number of hydrogen-bond acceptors (Lipinski definition) is 3. The minimum atomic E-state index is 0. The van der Waals surface area contributed by atoms with Crippen LogP contribution in [-0.4, -0.2) is 19.1 Å². The lowest BCUT2D eigenvalue weighted by atomic mass is 10.1. The smallest absolute Gasteiger partial charge is 0.191 e. The maximum Gasteiger partial charge on any atom is 0.191 e. The van der Waals surface area contributed by atoms with Crippen LogP contribution in [0.3, 0.4) is 0 Å². The molecule has 0 aliphatic heterocycles. The van der Waals surface area contributed by atoms with Gasteiger partial charge in [-0.15, -0.1) is 24.0 Å². The Labute approximate surface area is 172 Å². The van der Waals surface area contributed by atoms with Crippen molar-refractivity contribution >= 4 is 29.9 Å². The SMILES string of the molecule is CN=C(NCc1ccco1)NCc1ccc(C)cc1OC1CCCC1.I. The van der Waals surface area contributed by atoms with Crippen molar-refractivity contribution in [1.82, 2.24) is 10.6 Å². The Kier molecular flexibility index (Phi) is 8.28. The number of halogens is 1. The summed E-state index contributed by atoms with van der Waals surface area (Å²) in [5.41, 5.74) is 2.37. The molecule has 2 aromatic rings. The first-order valence-electron chi connectivity index (χ1n) is 8.97. The fourth-order valence-corrected chi connectivity index (χ4v) is 3.09. The van der Waals surface area contributed by atoms with E-state index in [4.69, 9.17) is 9.15 Å². The molecule has 142 valence electrons. The summed E-state index contributed by atoms with van der Waals surface area (Å²) in [7, 11) is 1.77. The summed E-state index contributed by atoms with van der Waals surface area (Å²) in [6.07, 6.45) is 6.89. The van der Waals surface area contributed by atoms with Crippen molar-refractivity contribution in [2.24, 2.45) is 4.99 Å². The first-order valence-corrected chi connectivity index (χ1v) is 8.97. The van der Waals surface area contributed by atoms with Gasteiger partial charge < -0.3 is 19.8 Å². The quantitative estimate of drug-likeness (QED) is 0.374. The molecule has 1 aliphatic rings. The van der Waals surface area contributed by atoms with Crippen LogP contribution in [0.1, 0.15) is 42.6 Å². The predicted molar refractivity (Wildman–Crippen MR) is 115 cm³/mol. The van der Waals surface area contributed by atoms with Gasteiger partial charge in [0, 0.05) is 19.2 Å². The maximum atomic E-state index is 6.26. The Morgan fingerprint density at radius 3 is 2.65 bits per heavy atom. The Bertz CT molecular complexity index is 695. The van der Waals surface area contributed by atoms with Gasteiger partial charge in [-0.1, -0.05) is 12.1 Å². The van der Waals surface area contributed by atoms with E-state index in [-0.39, 0.29) is 24.0 Å². The Balaban J connectivity index is 0.00000243. The molecule has 5 nitrogen and oxygen atoms in total. The first-order chi connectivity index (χ1) is 12.2. The zero-order valence-electron chi connectivity index (χ0n) is 15.5. The molecule has 1 aromatic heterocycles. The van der Waals surface area contributed by atoms with Gasteiger partial charge in [-0.25, -0.2) is 0 Å². The van der Waals surface area contributed by atoms with Gasteiger partial charge in [0.05, 0.1) is 18.9 Å². The fraction of sp³-hybridized carbons (Fsp3) is 0.450. The van der Waals surface area contributed by atoms with Crippen LogP contribution < -0.4 is 15.4 Å². The molecule has 0 bridgehead atoms. The number of rotatable bonds is 6. The second-order valence-corrected chi connectivity index (χ2v) is 6.49. The zero-order chi connectivity index (χ0) is 17.5. The predicted octanol–water partition coefficient (Wildman–Crippen LogP) is 4.39. The number of furan rings is 1. The monoisotopic (exact) mass is 469 g/mol. The average Bonchev–Trinajstić information content (AvgIpc) is 3.30. The number of guanidine groups is 1. The number of aryl methyl sites for hydroxylation is 1. The normalized spacial score (nSPS) is 14.8. The van der Waals surface area contributed by atoms with Gasteiger partial charge in [-0.05, 0) is 56.4 Å².